The predicted octanol–water partition coefficient (Wildman–Crippen LogP) is 12.6. The van der Waals surface area contributed by atoms with E-state index in [9.17, 15) is 14.4 Å². The van der Waals surface area contributed by atoms with Crippen LogP contribution in [0.25, 0.3) is 0 Å². The molecule has 0 saturated heterocycles. The number of ether oxygens (including phenoxy) is 2. The summed E-state index contributed by atoms with van der Waals surface area (Å²) in [6, 6.07) is -0.319. The van der Waals surface area contributed by atoms with Crippen molar-refractivity contribution in [1.82, 2.24) is 15.5 Å². The van der Waals surface area contributed by atoms with Crippen LogP contribution in [0.2, 0.25) is 0 Å². The molecule has 0 aromatic carbocycles. The molecule has 4 aliphatic carbocycles. The molecule has 0 aromatic rings. The molecule has 0 spiro atoms. The number of nitrogens with one attached hydrogen (secondary N) is 2. The van der Waals surface area contributed by atoms with Crippen LogP contribution in [0.15, 0.2) is 11.6 Å². The quantitative estimate of drug-likeness (QED) is 0.0805. The molecule has 3 saturated carbocycles. The Bertz CT molecular complexity index is 1350. The molecule has 0 radical (unpaired) electrons. The van der Waals surface area contributed by atoms with Crippen molar-refractivity contribution < 1.29 is 23.9 Å². The summed E-state index contributed by atoms with van der Waals surface area (Å²) in [7, 11) is 3.89. The third kappa shape index (κ3) is 14.3. The molecule has 0 bridgehead atoms. The SMILES string of the molecule is CC(C)CCC[C@@H](C)C1C=C2C[C@@H](SSCCC(=O)N(CCC(C)NC(=O)OC(C)(C)C)CCC(C)NC(=O)OC(C)(C)C)CC[C@]2(C)[C@H]2CC[C@@]3(C)CCC[C@H]3[C@H]12. The number of carbonyl (C=O) groups is 3. The zero-order valence-corrected chi connectivity index (χ0v) is 40.7. The highest BCUT2D eigenvalue weighted by molar-refractivity contribution is 8.76. The van der Waals surface area contributed by atoms with E-state index in [2.05, 4.69) is 51.3 Å². The van der Waals surface area contributed by atoms with E-state index in [0.717, 1.165) is 35.3 Å². The van der Waals surface area contributed by atoms with Crippen molar-refractivity contribution in [3.63, 3.8) is 0 Å². The van der Waals surface area contributed by atoms with Crippen LogP contribution in [0, 0.1) is 46.3 Å². The fourth-order valence-corrected chi connectivity index (χ4v) is 13.6. The molecule has 3 unspecified atom stereocenters. The lowest BCUT2D eigenvalue weighted by Gasteiger charge is -2.60. The van der Waals surface area contributed by atoms with Gasteiger partial charge in [-0.2, -0.15) is 0 Å². The van der Waals surface area contributed by atoms with E-state index >= 15 is 0 Å². The van der Waals surface area contributed by atoms with Gasteiger partial charge in [-0.15, -0.1) is 0 Å². The lowest BCUT2D eigenvalue weighted by molar-refractivity contribution is -0.131. The van der Waals surface area contributed by atoms with Crippen LogP contribution >= 0.6 is 21.6 Å². The van der Waals surface area contributed by atoms with Gasteiger partial charge in [0.15, 0.2) is 0 Å². The van der Waals surface area contributed by atoms with Crippen molar-refractivity contribution in [3.05, 3.63) is 11.6 Å². The Balaban J connectivity index is 1.35. The van der Waals surface area contributed by atoms with Crippen molar-refractivity contribution >= 4 is 39.7 Å². The van der Waals surface area contributed by atoms with Gasteiger partial charge in [0.05, 0.1) is 0 Å². The number of rotatable bonds is 18. The summed E-state index contributed by atoms with van der Waals surface area (Å²) >= 11 is 0. The summed E-state index contributed by atoms with van der Waals surface area (Å²) in [4.78, 5) is 40.5. The molecule has 10 heteroatoms. The first kappa shape index (κ1) is 49.1. The maximum atomic E-state index is 13.8. The van der Waals surface area contributed by atoms with Gasteiger partial charge in [0.2, 0.25) is 5.91 Å². The standard InChI is InChI=1S/C48H85N3O5S2/c1-32(2)16-14-17-33(3)38-31-36-30-37(19-26-48(36,13)40-20-25-47(12)24-15-18-39(47)42(38)40)58-57-29-23-41(52)51(27-21-34(4)49-43(53)55-45(6,7)8)28-22-35(5)50-44(54)56-46(9,10)11/h31-35,37-40,42H,14-30H2,1-13H3,(H,49,53)(H,50,54)/t33-,34?,35?,37+,38?,39+,40+,42+,47-,48+/m1/s1. The molecule has 4 aliphatic rings. The van der Waals surface area contributed by atoms with Gasteiger partial charge in [-0.3, -0.25) is 4.79 Å². The molecule has 0 heterocycles. The van der Waals surface area contributed by atoms with E-state index in [1.807, 2.05) is 81.9 Å². The van der Waals surface area contributed by atoms with Crippen molar-refractivity contribution in [1.29, 1.82) is 0 Å². The molecule has 2 N–H and O–H groups in total. The summed E-state index contributed by atoms with van der Waals surface area (Å²) in [5.41, 5.74) is 1.51. The largest absolute Gasteiger partial charge is 0.444 e. The average Bonchev–Trinajstić information content (AvgIpc) is 3.49. The molecule has 3 fully saturated rings. The number of nitrogens with zero attached hydrogens (tertiary/aromatic N) is 1. The minimum atomic E-state index is -0.576. The van der Waals surface area contributed by atoms with Crippen LogP contribution in [0.4, 0.5) is 9.59 Å². The number of hydrogen-bond acceptors (Lipinski definition) is 7. The highest BCUT2D eigenvalue weighted by Gasteiger charge is 2.58. The number of fused-ring (bicyclic) bond motifs is 5. The highest BCUT2D eigenvalue weighted by Crippen LogP contribution is 2.67. The molecule has 0 aliphatic heterocycles. The fraction of sp³-hybridized carbons (Fsp3) is 0.896. The Labute approximate surface area is 362 Å². The van der Waals surface area contributed by atoms with E-state index in [1.165, 1.54) is 70.6 Å². The Morgan fingerprint density at radius 1 is 0.810 bits per heavy atom. The lowest BCUT2D eigenvalue weighted by Crippen LogP contribution is -2.53. The second kappa shape index (κ2) is 21.0. The van der Waals surface area contributed by atoms with Crippen molar-refractivity contribution in [2.24, 2.45) is 46.3 Å². The van der Waals surface area contributed by atoms with E-state index in [0.29, 0.717) is 54.3 Å². The van der Waals surface area contributed by atoms with Gasteiger partial charge in [0, 0.05) is 42.6 Å². The fourth-order valence-electron chi connectivity index (χ4n) is 11.0. The molecule has 10 atom stereocenters. The van der Waals surface area contributed by atoms with Gasteiger partial charge in [-0.1, -0.05) is 93.5 Å². The monoisotopic (exact) mass is 848 g/mol. The van der Waals surface area contributed by atoms with E-state index in [1.54, 1.807) is 5.57 Å². The van der Waals surface area contributed by atoms with Gasteiger partial charge >= 0.3 is 12.2 Å². The zero-order chi connectivity index (χ0) is 43.1. The van der Waals surface area contributed by atoms with E-state index < -0.39 is 23.4 Å². The van der Waals surface area contributed by atoms with Gasteiger partial charge in [0.1, 0.15) is 11.2 Å². The second-order valence-electron chi connectivity index (χ2n) is 21.9. The van der Waals surface area contributed by atoms with Crippen LogP contribution in [0.3, 0.4) is 0 Å². The van der Waals surface area contributed by atoms with Crippen LogP contribution in [-0.4, -0.2) is 70.4 Å². The Morgan fingerprint density at radius 3 is 1.98 bits per heavy atom. The Hall–Kier alpha value is -1.55. The molecule has 0 aromatic heterocycles. The van der Waals surface area contributed by atoms with Crippen molar-refractivity contribution in [3.8, 4) is 0 Å². The third-order valence-electron chi connectivity index (χ3n) is 14.2. The molecular formula is C48H85N3O5S2. The molecule has 4 rings (SSSR count). The van der Waals surface area contributed by atoms with Gasteiger partial charge in [-0.05, 0) is 160 Å². The smallest absolute Gasteiger partial charge is 0.407 e. The molecule has 8 nitrogen and oxygen atoms in total. The highest BCUT2D eigenvalue weighted by atomic mass is 33.1. The van der Waals surface area contributed by atoms with Gasteiger partial charge in [-0.25, -0.2) is 9.59 Å². The second-order valence-corrected chi connectivity index (χ2v) is 24.7. The summed E-state index contributed by atoms with van der Waals surface area (Å²) in [6.07, 6.45) is 18.6. The Morgan fingerprint density at radius 2 is 1.41 bits per heavy atom. The van der Waals surface area contributed by atoms with Crippen LogP contribution in [-0.2, 0) is 14.3 Å². The van der Waals surface area contributed by atoms with Crippen LogP contribution in [0.5, 0.6) is 0 Å². The summed E-state index contributed by atoms with van der Waals surface area (Å²) in [6.45, 7) is 28.6. The van der Waals surface area contributed by atoms with Crippen LogP contribution < -0.4 is 10.6 Å². The topological polar surface area (TPSA) is 97.0 Å². The number of allylic oxidation sites excluding steroid dienone is 2. The lowest BCUT2D eigenvalue weighted by atomic mass is 9.45. The average molecular weight is 848 g/mol. The molecule has 3 amide bonds. The van der Waals surface area contributed by atoms with Gasteiger partial charge in [0.25, 0.3) is 0 Å². The molecule has 58 heavy (non-hydrogen) atoms. The summed E-state index contributed by atoms with van der Waals surface area (Å²) < 4.78 is 10.9. The first-order valence-corrected chi connectivity index (χ1v) is 25.6. The first-order chi connectivity index (χ1) is 27.0. The van der Waals surface area contributed by atoms with Crippen molar-refractivity contribution in [2.45, 2.75) is 208 Å². The maximum absolute atomic E-state index is 13.8. The number of carbonyl (C=O) groups excluding carboxylic acids is 3. The third-order valence-corrected chi connectivity index (χ3v) is 17.1. The zero-order valence-electron chi connectivity index (χ0n) is 39.1. The molecular weight excluding hydrogens is 763 g/mol. The van der Waals surface area contributed by atoms with Crippen molar-refractivity contribution in [2.75, 3.05) is 18.8 Å². The summed E-state index contributed by atoms with van der Waals surface area (Å²) in [5.74, 6) is 5.70. The number of alkyl carbamates (subject to hydrolysis) is 2. The predicted molar refractivity (Wildman–Crippen MR) is 245 cm³/mol. The number of hydrogen-bond donors (Lipinski definition) is 2. The number of amides is 3. The Kier molecular flexibility index (Phi) is 17.8. The maximum Gasteiger partial charge on any atom is 0.407 e. The first-order valence-electron chi connectivity index (χ1n) is 23.3. The normalized spacial score (nSPS) is 29.9. The minimum absolute atomic E-state index is 0.116. The minimum Gasteiger partial charge on any atom is -0.444 e. The van der Waals surface area contributed by atoms with E-state index in [4.69, 9.17) is 9.47 Å². The molecule has 334 valence electrons. The summed E-state index contributed by atoms with van der Waals surface area (Å²) in [5, 5.41) is 6.42. The van der Waals surface area contributed by atoms with Gasteiger partial charge < -0.3 is 25.0 Å². The van der Waals surface area contributed by atoms with Crippen LogP contribution in [0.1, 0.15) is 180 Å². The van der Waals surface area contributed by atoms with E-state index in [-0.39, 0.29) is 18.0 Å².